The van der Waals surface area contributed by atoms with Crippen LogP contribution in [0.2, 0.25) is 0 Å². The van der Waals surface area contributed by atoms with Crippen molar-refractivity contribution in [3.8, 4) is 0 Å². The van der Waals surface area contributed by atoms with Gasteiger partial charge >= 0.3 is 6.09 Å². The van der Waals surface area contributed by atoms with Crippen molar-refractivity contribution in [2.45, 2.75) is 44.9 Å². The first-order valence-corrected chi connectivity index (χ1v) is 7.13. The molecule has 2 heterocycles. The number of ether oxygens (including phenoxy) is 1. The molecule has 3 atom stereocenters. The van der Waals surface area contributed by atoms with E-state index in [9.17, 15) is 9.90 Å². The van der Waals surface area contributed by atoms with Crippen LogP contribution in [-0.4, -0.2) is 46.9 Å². The molecule has 5 nitrogen and oxygen atoms in total. The van der Waals surface area contributed by atoms with Crippen molar-refractivity contribution in [1.29, 1.82) is 0 Å². The average Bonchev–Trinajstić information content (AvgIpc) is 2.37. The molecule has 5 heteroatoms. The van der Waals surface area contributed by atoms with Gasteiger partial charge in [0.1, 0.15) is 5.60 Å². The van der Waals surface area contributed by atoms with Crippen molar-refractivity contribution in [3.63, 3.8) is 0 Å². The Bertz CT molecular complexity index is 412. The minimum absolute atomic E-state index is 0.0324. The third kappa shape index (κ3) is 3.61. The van der Waals surface area contributed by atoms with E-state index in [2.05, 4.69) is 5.32 Å². The number of carbonyl (C=O) groups excluding carboxylic acids is 1. The number of aliphatic hydroxyl groups excluding tert-OH is 1. The van der Waals surface area contributed by atoms with Crippen molar-refractivity contribution in [1.82, 2.24) is 10.2 Å². The monoisotopic (exact) mass is 280 g/mol. The van der Waals surface area contributed by atoms with Crippen molar-refractivity contribution >= 4 is 6.09 Å². The van der Waals surface area contributed by atoms with E-state index in [4.69, 9.17) is 4.74 Å². The highest BCUT2D eigenvalue weighted by molar-refractivity contribution is 5.70. The summed E-state index contributed by atoms with van der Waals surface area (Å²) in [7, 11) is 0. The molecule has 2 N–H and O–H groups in total. The maximum absolute atomic E-state index is 12.3. The molecule has 0 radical (unpaired) electrons. The molecule has 0 bridgehead atoms. The average molecular weight is 280 g/mol. The molecule has 0 aliphatic carbocycles. The number of allylic oxidation sites excluding steroid dienone is 2. The fourth-order valence-corrected chi connectivity index (χ4v) is 2.62. The highest BCUT2D eigenvalue weighted by atomic mass is 16.6. The molecule has 2 rings (SSSR count). The Hall–Kier alpha value is -1.33. The first-order chi connectivity index (χ1) is 9.38. The number of piperidine rings is 1. The van der Waals surface area contributed by atoms with Crippen LogP contribution in [0.4, 0.5) is 4.79 Å². The van der Waals surface area contributed by atoms with E-state index < -0.39 is 11.7 Å². The maximum atomic E-state index is 12.3. The lowest BCUT2D eigenvalue weighted by molar-refractivity contribution is 0.00860. The molecular formula is C15H24N2O3. The number of hydrogen-bond acceptors (Lipinski definition) is 4. The molecule has 1 fully saturated rings. The third-order valence-electron chi connectivity index (χ3n) is 3.53. The molecule has 0 aromatic rings. The van der Waals surface area contributed by atoms with Gasteiger partial charge in [-0.05, 0) is 39.8 Å². The number of hydrogen-bond donors (Lipinski definition) is 2. The summed E-state index contributed by atoms with van der Waals surface area (Å²) < 4.78 is 5.44. The molecule has 1 amide bonds. The summed E-state index contributed by atoms with van der Waals surface area (Å²) in [6, 6.07) is -0.146. The van der Waals surface area contributed by atoms with Gasteiger partial charge in [0.15, 0.2) is 0 Å². The van der Waals surface area contributed by atoms with Gasteiger partial charge in [-0.25, -0.2) is 4.79 Å². The highest BCUT2D eigenvalue weighted by Gasteiger charge is 2.36. The van der Waals surface area contributed by atoms with Crippen LogP contribution in [0, 0.1) is 5.92 Å². The van der Waals surface area contributed by atoms with E-state index in [0.29, 0.717) is 6.54 Å². The van der Waals surface area contributed by atoms with Crippen LogP contribution in [0.1, 0.15) is 27.2 Å². The van der Waals surface area contributed by atoms with Gasteiger partial charge in [-0.1, -0.05) is 12.2 Å². The van der Waals surface area contributed by atoms with Gasteiger partial charge in [-0.2, -0.15) is 0 Å². The van der Waals surface area contributed by atoms with Crippen LogP contribution in [-0.2, 0) is 4.74 Å². The number of aliphatic hydroxyl groups is 1. The molecule has 1 saturated heterocycles. The highest BCUT2D eigenvalue weighted by Crippen LogP contribution is 2.26. The Labute approximate surface area is 120 Å². The van der Waals surface area contributed by atoms with E-state index in [1.807, 2.05) is 39.0 Å². The summed E-state index contributed by atoms with van der Waals surface area (Å²) in [5.74, 6) is 0.0324. The summed E-state index contributed by atoms with van der Waals surface area (Å²) in [5, 5.41) is 13.3. The van der Waals surface area contributed by atoms with E-state index in [-0.39, 0.29) is 18.1 Å². The largest absolute Gasteiger partial charge is 0.443 e. The van der Waals surface area contributed by atoms with Crippen molar-refractivity contribution in [3.05, 3.63) is 24.4 Å². The number of carbonyl (C=O) groups is 1. The predicted molar refractivity (Wildman–Crippen MR) is 77.1 cm³/mol. The zero-order chi connectivity index (χ0) is 14.8. The predicted octanol–water partition coefficient (Wildman–Crippen LogP) is 1.65. The van der Waals surface area contributed by atoms with Gasteiger partial charge in [-0.3, -0.25) is 4.90 Å². The molecule has 0 aromatic carbocycles. The van der Waals surface area contributed by atoms with E-state index in [0.717, 1.165) is 13.0 Å². The Balaban J connectivity index is 2.11. The van der Waals surface area contributed by atoms with Gasteiger partial charge in [0.05, 0.1) is 12.1 Å². The lowest BCUT2D eigenvalue weighted by Crippen LogP contribution is -2.52. The molecule has 2 aliphatic heterocycles. The van der Waals surface area contributed by atoms with Gasteiger partial charge in [0.25, 0.3) is 0 Å². The summed E-state index contributed by atoms with van der Waals surface area (Å²) in [4.78, 5) is 13.9. The van der Waals surface area contributed by atoms with E-state index in [1.165, 1.54) is 0 Å². The Morgan fingerprint density at radius 1 is 1.40 bits per heavy atom. The van der Waals surface area contributed by atoms with Crippen LogP contribution >= 0.6 is 0 Å². The summed E-state index contributed by atoms with van der Waals surface area (Å²) >= 11 is 0. The molecule has 0 aromatic heterocycles. The normalized spacial score (nSPS) is 30.4. The van der Waals surface area contributed by atoms with Crippen LogP contribution < -0.4 is 5.32 Å². The topological polar surface area (TPSA) is 61.8 Å². The van der Waals surface area contributed by atoms with Crippen LogP contribution in [0.3, 0.4) is 0 Å². The summed E-state index contributed by atoms with van der Waals surface area (Å²) in [5.41, 5.74) is -0.524. The van der Waals surface area contributed by atoms with E-state index >= 15 is 0 Å². The lowest BCUT2D eigenvalue weighted by atomic mass is 9.86. The fraction of sp³-hybridized carbons (Fsp3) is 0.667. The number of amides is 1. The van der Waals surface area contributed by atoms with Gasteiger partial charge in [0, 0.05) is 18.7 Å². The van der Waals surface area contributed by atoms with Gasteiger partial charge in [0.2, 0.25) is 0 Å². The number of rotatable bonds is 1. The van der Waals surface area contributed by atoms with Crippen molar-refractivity contribution in [2.24, 2.45) is 5.92 Å². The quantitative estimate of drug-likeness (QED) is 0.766. The minimum atomic E-state index is -0.524. The zero-order valence-electron chi connectivity index (χ0n) is 12.4. The van der Waals surface area contributed by atoms with Crippen LogP contribution in [0.5, 0.6) is 0 Å². The molecule has 0 saturated carbocycles. The smallest absolute Gasteiger partial charge is 0.414 e. The second-order valence-electron chi connectivity index (χ2n) is 6.33. The number of β-amino-alcohol motifs (C(OH)–C–C–N with tert-alkyl or cyclic N) is 1. The summed E-state index contributed by atoms with van der Waals surface area (Å²) in [6.45, 7) is 6.98. The number of nitrogens with one attached hydrogen (secondary N) is 1. The first-order valence-electron chi connectivity index (χ1n) is 7.13. The second kappa shape index (κ2) is 5.97. The Morgan fingerprint density at radius 2 is 2.15 bits per heavy atom. The molecule has 20 heavy (non-hydrogen) atoms. The maximum Gasteiger partial charge on any atom is 0.414 e. The molecule has 112 valence electrons. The van der Waals surface area contributed by atoms with E-state index in [1.54, 1.807) is 11.1 Å². The van der Waals surface area contributed by atoms with Gasteiger partial charge < -0.3 is 15.2 Å². The molecule has 3 unspecified atom stereocenters. The summed E-state index contributed by atoms with van der Waals surface area (Å²) in [6.07, 6.45) is 7.44. The minimum Gasteiger partial charge on any atom is -0.443 e. The number of nitrogens with zero attached hydrogens (tertiary/aromatic N) is 1. The zero-order valence-corrected chi connectivity index (χ0v) is 12.4. The van der Waals surface area contributed by atoms with Crippen LogP contribution in [0.15, 0.2) is 24.4 Å². The standard InChI is InChI=1S/C15H24N2O3/c1-15(2,3)20-14(19)17-9-5-4-6-12(17)11-7-8-16-10-13(11)18/h4-6,9,11-13,16,18H,7-8,10H2,1-3H3. The third-order valence-corrected chi connectivity index (χ3v) is 3.53. The molecule has 0 spiro atoms. The Morgan fingerprint density at radius 3 is 2.80 bits per heavy atom. The second-order valence-corrected chi connectivity index (χ2v) is 6.33. The SMILES string of the molecule is CC(C)(C)OC(=O)N1C=CC=CC1C1CCNCC1O. The molecular weight excluding hydrogens is 256 g/mol. The van der Waals surface area contributed by atoms with Crippen LogP contribution in [0.25, 0.3) is 0 Å². The van der Waals surface area contributed by atoms with Crippen molar-refractivity contribution < 1.29 is 14.6 Å². The first kappa shape index (κ1) is 15.1. The lowest BCUT2D eigenvalue weighted by Gasteiger charge is -2.39. The molecule has 2 aliphatic rings. The van der Waals surface area contributed by atoms with Crippen molar-refractivity contribution in [2.75, 3.05) is 13.1 Å². The van der Waals surface area contributed by atoms with Gasteiger partial charge in [-0.15, -0.1) is 0 Å². The Kier molecular flexibility index (Phi) is 4.50. The fourth-order valence-electron chi connectivity index (χ4n) is 2.62.